The van der Waals surface area contributed by atoms with Crippen LogP contribution in [0.15, 0.2) is 30.7 Å². The van der Waals surface area contributed by atoms with E-state index in [1.807, 2.05) is 0 Å². The minimum atomic E-state index is -0.441. The van der Waals surface area contributed by atoms with Crippen LogP contribution in [0.4, 0.5) is 11.4 Å². The number of aromatic nitrogens is 3. The van der Waals surface area contributed by atoms with E-state index in [-0.39, 0.29) is 49.5 Å². The molecule has 1 aliphatic rings. The second kappa shape index (κ2) is 9.98. The highest BCUT2D eigenvalue weighted by molar-refractivity contribution is 6.08. The second-order valence-corrected chi connectivity index (χ2v) is 7.48. The van der Waals surface area contributed by atoms with Crippen molar-refractivity contribution in [2.75, 3.05) is 24.4 Å². The highest BCUT2D eigenvalue weighted by atomic mass is 16.5. The van der Waals surface area contributed by atoms with Gasteiger partial charge in [-0.1, -0.05) is 6.07 Å². The van der Waals surface area contributed by atoms with Gasteiger partial charge in [-0.25, -0.2) is 9.97 Å². The summed E-state index contributed by atoms with van der Waals surface area (Å²) >= 11 is 0. The van der Waals surface area contributed by atoms with Crippen molar-refractivity contribution in [2.24, 2.45) is 0 Å². The van der Waals surface area contributed by atoms with Gasteiger partial charge in [-0.3, -0.25) is 19.2 Å². The average molecular weight is 466 g/mol. The zero-order chi connectivity index (χ0) is 24.1. The summed E-state index contributed by atoms with van der Waals surface area (Å²) in [5.74, 6) is -0.786. The van der Waals surface area contributed by atoms with Gasteiger partial charge >= 0.3 is 5.97 Å². The Kier molecular flexibility index (Phi) is 6.67. The number of ether oxygens (including phenoxy) is 2. The molecule has 4 rings (SSSR count). The number of nitrogens with one attached hydrogen (secondary N) is 4. The Hall–Kier alpha value is -4.48. The molecule has 12 heteroatoms. The first-order chi connectivity index (χ1) is 16.4. The summed E-state index contributed by atoms with van der Waals surface area (Å²) < 4.78 is 9.89. The van der Waals surface area contributed by atoms with Gasteiger partial charge in [-0.15, -0.1) is 0 Å². The number of fused-ring (bicyclic) bond motifs is 2. The number of esters is 1. The summed E-state index contributed by atoms with van der Waals surface area (Å²) in [7, 11) is 1.29. The average Bonchev–Trinajstić information content (AvgIpc) is 3.24. The summed E-state index contributed by atoms with van der Waals surface area (Å²) in [6.07, 6.45) is 3.40. The molecular formula is C22H22N6O6. The molecule has 176 valence electrons. The number of hydrogen-bond donors (Lipinski definition) is 4. The lowest BCUT2D eigenvalue weighted by atomic mass is 10.1. The molecule has 0 saturated carbocycles. The zero-order valence-electron chi connectivity index (χ0n) is 18.3. The molecule has 0 aliphatic carbocycles. The van der Waals surface area contributed by atoms with Gasteiger partial charge in [0.15, 0.2) is 12.3 Å². The van der Waals surface area contributed by atoms with E-state index in [2.05, 4.69) is 35.6 Å². The Labute approximate surface area is 193 Å². The monoisotopic (exact) mass is 466 g/mol. The number of anilines is 2. The molecular weight excluding hydrogens is 444 g/mol. The molecule has 0 atom stereocenters. The zero-order valence-corrected chi connectivity index (χ0v) is 18.3. The van der Waals surface area contributed by atoms with Crippen LogP contribution in [0.2, 0.25) is 0 Å². The van der Waals surface area contributed by atoms with Crippen LogP contribution in [-0.4, -0.2) is 52.4 Å². The van der Waals surface area contributed by atoms with Gasteiger partial charge in [0.25, 0.3) is 11.8 Å². The van der Waals surface area contributed by atoms with E-state index >= 15 is 0 Å². The van der Waals surface area contributed by atoms with Crippen LogP contribution in [0, 0.1) is 0 Å². The lowest BCUT2D eigenvalue weighted by Gasteiger charge is -2.18. The quantitative estimate of drug-likeness (QED) is 0.363. The van der Waals surface area contributed by atoms with Crippen LogP contribution in [0.5, 0.6) is 5.75 Å². The first-order valence-corrected chi connectivity index (χ1v) is 10.5. The Morgan fingerprint density at radius 1 is 1.21 bits per heavy atom. The van der Waals surface area contributed by atoms with E-state index in [1.54, 1.807) is 18.2 Å². The number of nitrogens with zero attached hydrogens (tertiary/aromatic N) is 2. The summed E-state index contributed by atoms with van der Waals surface area (Å²) in [5.41, 5.74) is 2.58. The molecule has 3 aromatic rings. The fourth-order valence-corrected chi connectivity index (χ4v) is 3.42. The molecule has 3 heterocycles. The third-order valence-corrected chi connectivity index (χ3v) is 5.09. The van der Waals surface area contributed by atoms with Crippen molar-refractivity contribution in [1.82, 2.24) is 20.3 Å². The number of aromatic amines is 1. The van der Waals surface area contributed by atoms with Crippen molar-refractivity contribution in [2.45, 2.75) is 25.8 Å². The molecule has 0 fully saturated rings. The maximum Gasteiger partial charge on any atom is 0.305 e. The van der Waals surface area contributed by atoms with E-state index in [1.165, 1.54) is 19.6 Å². The molecule has 0 bridgehead atoms. The topological polar surface area (TPSA) is 164 Å². The number of H-pyrrole nitrogens is 1. The Balaban J connectivity index is 1.40. The van der Waals surface area contributed by atoms with Gasteiger partial charge in [0.2, 0.25) is 5.91 Å². The molecule has 1 aromatic carbocycles. The molecule has 0 spiro atoms. The predicted molar refractivity (Wildman–Crippen MR) is 120 cm³/mol. The van der Waals surface area contributed by atoms with Gasteiger partial charge in [-0.2, -0.15) is 0 Å². The minimum Gasteiger partial charge on any atom is -0.482 e. The van der Waals surface area contributed by atoms with Crippen molar-refractivity contribution in [3.8, 4) is 5.75 Å². The minimum absolute atomic E-state index is 0.0289. The van der Waals surface area contributed by atoms with Gasteiger partial charge in [0, 0.05) is 25.6 Å². The molecule has 0 unspecified atom stereocenters. The van der Waals surface area contributed by atoms with Crippen LogP contribution in [-0.2, 0) is 25.7 Å². The molecule has 0 radical (unpaired) electrons. The summed E-state index contributed by atoms with van der Waals surface area (Å²) in [5, 5.41) is 8.23. The van der Waals surface area contributed by atoms with E-state index in [0.29, 0.717) is 34.6 Å². The highest BCUT2D eigenvalue weighted by Crippen LogP contribution is 2.28. The summed E-state index contributed by atoms with van der Waals surface area (Å²) in [6, 6.07) is 5.24. The highest BCUT2D eigenvalue weighted by Gasteiger charge is 2.19. The van der Waals surface area contributed by atoms with Gasteiger partial charge in [0.1, 0.15) is 17.6 Å². The van der Waals surface area contributed by atoms with Crippen molar-refractivity contribution in [3.05, 3.63) is 42.0 Å². The maximum atomic E-state index is 12.8. The van der Waals surface area contributed by atoms with Crippen LogP contribution in [0.3, 0.4) is 0 Å². The second-order valence-electron chi connectivity index (χ2n) is 7.48. The number of carbonyl (C=O) groups is 4. The van der Waals surface area contributed by atoms with Gasteiger partial charge in [0.05, 0.1) is 24.0 Å². The van der Waals surface area contributed by atoms with E-state index in [4.69, 9.17) is 4.74 Å². The van der Waals surface area contributed by atoms with Crippen LogP contribution < -0.4 is 20.7 Å². The number of hydrogen-bond acceptors (Lipinski definition) is 8. The predicted octanol–water partition coefficient (Wildman–Crippen LogP) is 1.50. The van der Waals surface area contributed by atoms with E-state index in [0.717, 1.165) is 5.56 Å². The van der Waals surface area contributed by atoms with Crippen molar-refractivity contribution >= 4 is 46.1 Å². The molecule has 4 N–H and O–H groups in total. The van der Waals surface area contributed by atoms with E-state index in [9.17, 15) is 19.2 Å². The summed E-state index contributed by atoms with van der Waals surface area (Å²) in [6.45, 7) is 0.164. The number of rotatable bonds is 8. The normalized spacial score (nSPS) is 12.3. The SMILES string of the molecule is COC(=O)CCCC(=O)Nc1c[nH]c2c(C(=O)NCc3ccc4c(c3)NC(=O)CO4)ncnc12. The Morgan fingerprint density at radius 3 is 2.88 bits per heavy atom. The maximum absolute atomic E-state index is 12.8. The lowest BCUT2D eigenvalue weighted by Crippen LogP contribution is -2.26. The number of benzene rings is 1. The van der Waals surface area contributed by atoms with E-state index < -0.39 is 5.91 Å². The molecule has 0 saturated heterocycles. The van der Waals surface area contributed by atoms with Crippen LogP contribution in [0.1, 0.15) is 35.3 Å². The largest absolute Gasteiger partial charge is 0.482 e. The molecule has 1 aliphatic heterocycles. The first kappa shape index (κ1) is 22.7. The van der Waals surface area contributed by atoms with Crippen LogP contribution >= 0.6 is 0 Å². The van der Waals surface area contributed by atoms with Crippen LogP contribution in [0.25, 0.3) is 11.0 Å². The molecule has 12 nitrogen and oxygen atoms in total. The number of amides is 3. The number of methoxy groups -OCH3 is 1. The lowest BCUT2D eigenvalue weighted by molar-refractivity contribution is -0.140. The smallest absolute Gasteiger partial charge is 0.305 e. The summed E-state index contributed by atoms with van der Waals surface area (Å²) in [4.78, 5) is 58.8. The Bertz CT molecular complexity index is 1270. The van der Waals surface area contributed by atoms with Gasteiger partial charge < -0.3 is 30.4 Å². The third kappa shape index (κ3) is 5.11. The fourth-order valence-electron chi connectivity index (χ4n) is 3.42. The fraction of sp³-hybridized carbons (Fsp3) is 0.273. The molecule has 3 amide bonds. The first-order valence-electron chi connectivity index (χ1n) is 10.5. The van der Waals surface area contributed by atoms with Crippen molar-refractivity contribution in [3.63, 3.8) is 0 Å². The third-order valence-electron chi connectivity index (χ3n) is 5.09. The standard InChI is InChI=1S/C22H22N6O6/c1-33-18(31)4-2-3-16(29)28-14-9-23-20-19(14)25-11-26-21(20)22(32)24-8-12-5-6-15-13(7-12)27-17(30)10-34-15/h5-7,9,11,23H,2-4,8,10H2,1H3,(H,24,32)(H,27,30)(H,28,29). The molecule has 2 aromatic heterocycles. The number of carbonyl (C=O) groups excluding carboxylic acids is 4. The molecule has 34 heavy (non-hydrogen) atoms. The Morgan fingerprint density at radius 2 is 2.06 bits per heavy atom. The van der Waals surface area contributed by atoms with Gasteiger partial charge in [-0.05, 0) is 24.1 Å². The van der Waals surface area contributed by atoms with Crippen molar-refractivity contribution in [1.29, 1.82) is 0 Å². The van der Waals surface area contributed by atoms with Crippen molar-refractivity contribution < 1.29 is 28.7 Å².